The van der Waals surface area contributed by atoms with Gasteiger partial charge in [-0.3, -0.25) is 9.52 Å². The van der Waals surface area contributed by atoms with E-state index in [1.165, 1.54) is 12.3 Å². The normalized spacial score (nSPS) is 15.9. The molecular formula is C23H22F2N2O4S2. The summed E-state index contributed by atoms with van der Waals surface area (Å²) in [4.78, 5) is 11.0. The number of rotatable bonds is 8. The second kappa shape index (κ2) is 9.56. The summed E-state index contributed by atoms with van der Waals surface area (Å²) in [5.74, 6) is -2.24. The third-order valence-electron chi connectivity index (χ3n) is 5.94. The van der Waals surface area contributed by atoms with Crippen molar-refractivity contribution in [2.24, 2.45) is 0 Å². The van der Waals surface area contributed by atoms with E-state index in [2.05, 4.69) is 9.10 Å². The minimum Gasteiger partial charge on any atom is -0.490 e. The van der Waals surface area contributed by atoms with Crippen LogP contribution in [0.5, 0.6) is 5.75 Å². The molecule has 0 aliphatic heterocycles. The number of Topliss-reactive ketones (excluding diaryl/α,β-unsaturated/α-hetero) is 1. The van der Waals surface area contributed by atoms with Crippen molar-refractivity contribution >= 4 is 32.3 Å². The molecule has 0 unspecified atom stereocenters. The Hall–Kier alpha value is -2.85. The van der Waals surface area contributed by atoms with E-state index in [0.29, 0.717) is 38.2 Å². The van der Waals surface area contributed by atoms with Gasteiger partial charge in [0.2, 0.25) is 0 Å². The third-order valence-corrected chi connectivity index (χ3v) is 8.11. The first-order valence-electron chi connectivity index (χ1n) is 10.4. The van der Waals surface area contributed by atoms with Crippen LogP contribution in [0.2, 0.25) is 0 Å². The van der Waals surface area contributed by atoms with Crippen molar-refractivity contribution in [3.05, 3.63) is 71.9 Å². The predicted molar refractivity (Wildman–Crippen MR) is 121 cm³/mol. The number of ketones is 1. The Morgan fingerprint density at radius 1 is 1.06 bits per heavy atom. The van der Waals surface area contributed by atoms with Crippen molar-refractivity contribution in [2.45, 2.75) is 42.4 Å². The van der Waals surface area contributed by atoms with Gasteiger partial charge < -0.3 is 4.74 Å². The van der Waals surface area contributed by atoms with Gasteiger partial charge in [-0.2, -0.15) is 4.37 Å². The lowest BCUT2D eigenvalue weighted by atomic mass is 9.67. The molecule has 3 aromatic rings. The van der Waals surface area contributed by atoms with Crippen LogP contribution >= 0.6 is 11.5 Å². The Morgan fingerprint density at radius 2 is 1.79 bits per heavy atom. The summed E-state index contributed by atoms with van der Waals surface area (Å²) >= 11 is 0.878. The maximum atomic E-state index is 14.6. The summed E-state index contributed by atoms with van der Waals surface area (Å²) in [7, 11) is -4.32. The van der Waals surface area contributed by atoms with Crippen LogP contribution in [0.1, 0.15) is 37.7 Å². The molecule has 1 aromatic heterocycles. The van der Waals surface area contributed by atoms with Crippen LogP contribution in [0.25, 0.3) is 0 Å². The van der Waals surface area contributed by atoms with Crippen LogP contribution in [0.15, 0.2) is 59.6 Å². The highest BCUT2D eigenvalue weighted by Crippen LogP contribution is 2.41. The van der Waals surface area contributed by atoms with Crippen molar-refractivity contribution in [1.82, 2.24) is 4.37 Å². The van der Waals surface area contributed by atoms with Crippen molar-refractivity contribution in [3.63, 3.8) is 0 Å². The molecule has 33 heavy (non-hydrogen) atoms. The topological polar surface area (TPSA) is 85.4 Å². The molecule has 2 aromatic carbocycles. The van der Waals surface area contributed by atoms with E-state index in [0.717, 1.165) is 23.2 Å². The molecule has 6 nitrogen and oxygen atoms in total. The number of carbonyl (C=O) groups excluding carboxylic acids is 1. The van der Waals surface area contributed by atoms with Crippen LogP contribution < -0.4 is 9.46 Å². The molecule has 1 aliphatic carbocycles. The Balaban J connectivity index is 1.49. The summed E-state index contributed by atoms with van der Waals surface area (Å²) < 4.78 is 65.6. The van der Waals surface area contributed by atoms with Crippen molar-refractivity contribution in [2.75, 3.05) is 11.3 Å². The zero-order valence-electron chi connectivity index (χ0n) is 17.6. The standard InChI is InChI=1S/C23H22F2N2O4S2/c24-18-15-21(33(29,30)27-22-8-12-26-32-22)19(25)14-20(18)31-13-11-23(9-6-17(28)7-10-23)16-4-2-1-3-5-16/h1-5,8,12,14-15,27H,6-7,9-11,13H2. The predicted octanol–water partition coefficient (Wildman–Crippen LogP) is 5.07. The van der Waals surface area contributed by atoms with Crippen LogP contribution in [-0.2, 0) is 20.2 Å². The number of nitrogens with one attached hydrogen (secondary N) is 1. The highest BCUT2D eigenvalue weighted by Gasteiger charge is 2.36. The summed E-state index contributed by atoms with van der Waals surface area (Å²) in [5, 5.41) is 0.187. The molecule has 1 aliphatic rings. The average Bonchev–Trinajstić information content (AvgIpc) is 3.30. The molecular weight excluding hydrogens is 470 g/mol. The molecule has 1 saturated carbocycles. The van der Waals surface area contributed by atoms with E-state index in [1.807, 2.05) is 30.3 Å². The fourth-order valence-electron chi connectivity index (χ4n) is 4.12. The number of nitrogens with zero attached hydrogens (tertiary/aromatic N) is 1. The Labute approximate surface area is 194 Å². The number of ether oxygens (including phenoxy) is 1. The van der Waals surface area contributed by atoms with E-state index in [-0.39, 0.29) is 28.6 Å². The van der Waals surface area contributed by atoms with Crippen molar-refractivity contribution in [3.8, 4) is 5.75 Å². The maximum Gasteiger partial charge on any atom is 0.265 e. The average molecular weight is 493 g/mol. The molecule has 0 radical (unpaired) electrons. The van der Waals surface area contributed by atoms with Crippen LogP contribution in [0.4, 0.5) is 13.8 Å². The molecule has 1 N–H and O–H groups in total. The number of benzene rings is 2. The number of carbonyl (C=O) groups is 1. The molecule has 4 rings (SSSR count). The Morgan fingerprint density at radius 3 is 2.45 bits per heavy atom. The van der Waals surface area contributed by atoms with Gasteiger partial charge in [0.25, 0.3) is 10.0 Å². The maximum absolute atomic E-state index is 14.6. The Bertz CT molecular complexity index is 1220. The largest absolute Gasteiger partial charge is 0.490 e. The number of hydrogen-bond donors (Lipinski definition) is 1. The number of anilines is 1. The number of halogens is 2. The van der Waals surface area contributed by atoms with Gasteiger partial charge in [0.1, 0.15) is 21.5 Å². The van der Waals surface area contributed by atoms with E-state index < -0.39 is 26.6 Å². The number of aromatic nitrogens is 1. The molecule has 0 saturated heterocycles. The van der Waals surface area contributed by atoms with Gasteiger partial charge in [-0.15, -0.1) is 0 Å². The van der Waals surface area contributed by atoms with Crippen LogP contribution in [-0.4, -0.2) is 25.2 Å². The zero-order valence-corrected chi connectivity index (χ0v) is 19.2. The van der Waals surface area contributed by atoms with Crippen molar-refractivity contribution < 1.29 is 26.7 Å². The van der Waals surface area contributed by atoms with Gasteiger partial charge >= 0.3 is 0 Å². The lowest BCUT2D eigenvalue weighted by molar-refractivity contribution is -0.121. The quantitative estimate of drug-likeness (QED) is 0.474. The van der Waals surface area contributed by atoms with Crippen LogP contribution in [0, 0.1) is 11.6 Å². The van der Waals surface area contributed by atoms with Gasteiger partial charge in [0.05, 0.1) is 6.61 Å². The van der Waals surface area contributed by atoms with Gasteiger partial charge in [-0.1, -0.05) is 30.3 Å². The van der Waals surface area contributed by atoms with Gasteiger partial charge in [-0.05, 0) is 47.8 Å². The fourth-order valence-corrected chi connectivity index (χ4v) is 5.97. The summed E-state index contributed by atoms with van der Waals surface area (Å²) in [6.07, 6.45) is 4.17. The first-order valence-corrected chi connectivity index (χ1v) is 12.7. The minimum absolute atomic E-state index is 0.0880. The first-order chi connectivity index (χ1) is 15.8. The van der Waals surface area contributed by atoms with Gasteiger partial charge in [-0.25, -0.2) is 17.2 Å². The zero-order chi connectivity index (χ0) is 23.5. The van der Waals surface area contributed by atoms with E-state index >= 15 is 0 Å². The molecule has 1 fully saturated rings. The third kappa shape index (κ3) is 5.22. The Kier molecular flexibility index (Phi) is 6.76. The second-order valence-electron chi connectivity index (χ2n) is 7.98. The van der Waals surface area contributed by atoms with Crippen molar-refractivity contribution in [1.29, 1.82) is 0 Å². The van der Waals surface area contributed by atoms with Crippen LogP contribution in [0.3, 0.4) is 0 Å². The monoisotopic (exact) mass is 492 g/mol. The molecule has 1 heterocycles. The molecule has 174 valence electrons. The summed E-state index contributed by atoms with van der Waals surface area (Å²) in [6, 6.07) is 12.6. The molecule has 0 spiro atoms. The lowest BCUT2D eigenvalue weighted by Gasteiger charge is -2.37. The second-order valence-corrected chi connectivity index (χ2v) is 10.5. The molecule has 10 heteroatoms. The summed E-state index contributed by atoms with van der Waals surface area (Å²) in [6.45, 7) is 0.0880. The highest BCUT2D eigenvalue weighted by atomic mass is 32.2. The highest BCUT2D eigenvalue weighted by molar-refractivity contribution is 7.93. The van der Waals surface area contributed by atoms with E-state index in [1.54, 1.807) is 0 Å². The summed E-state index contributed by atoms with van der Waals surface area (Å²) in [5.41, 5.74) is 0.801. The van der Waals surface area contributed by atoms with Gasteiger partial charge in [0, 0.05) is 31.2 Å². The first kappa shape index (κ1) is 23.3. The van der Waals surface area contributed by atoms with Gasteiger partial charge in [0.15, 0.2) is 11.6 Å². The molecule has 0 bridgehead atoms. The minimum atomic E-state index is -4.32. The number of sulfonamides is 1. The molecule has 0 amide bonds. The lowest BCUT2D eigenvalue weighted by Crippen LogP contribution is -2.33. The fraction of sp³-hybridized carbons (Fsp3) is 0.304. The molecule has 0 atom stereocenters. The van der Waals surface area contributed by atoms with E-state index in [9.17, 15) is 22.0 Å². The smallest absolute Gasteiger partial charge is 0.265 e. The number of hydrogen-bond acceptors (Lipinski definition) is 6. The van der Waals surface area contributed by atoms with E-state index in [4.69, 9.17) is 4.74 Å². The SMILES string of the molecule is O=C1CCC(CCOc2cc(F)c(S(=O)(=O)Nc3ccns3)cc2F)(c2ccccc2)CC1.